The Morgan fingerprint density at radius 1 is 0.397 bits per heavy atom. The predicted octanol–water partition coefficient (Wildman–Crippen LogP) is 8.02. The van der Waals surface area contributed by atoms with E-state index in [-0.39, 0.29) is 25.9 Å². The van der Waals surface area contributed by atoms with Crippen LogP contribution in [0.2, 0.25) is 0 Å². The molecule has 383 valence electrons. The fourth-order valence-corrected chi connectivity index (χ4v) is 10.5. The van der Waals surface area contributed by atoms with Gasteiger partial charge in [0.1, 0.15) is 39.3 Å². The summed E-state index contributed by atoms with van der Waals surface area (Å²) in [4.78, 5) is 100. The molecule has 14 nitrogen and oxygen atoms in total. The van der Waals surface area contributed by atoms with Crippen molar-refractivity contribution < 1.29 is 34.0 Å². The molecule has 2 aliphatic rings. The molecule has 6 amide bonds. The van der Waals surface area contributed by atoms with Crippen molar-refractivity contribution in [2.45, 2.75) is 110 Å². The summed E-state index contributed by atoms with van der Waals surface area (Å²) in [5, 5.41) is 14.8. The number of amides is 6. The first kappa shape index (κ1) is 53.6. The van der Waals surface area contributed by atoms with E-state index >= 15 is 28.8 Å². The second kappa shape index (κ2) is 23.6. The molecule has 0 aliphatic carbocycles. The molecule has 2 saturated heterocycles. The van der Waals surface area contributed by atoms with Crippen LogP contribution >= 0.6 is 0 Å². The lowest BCUT2D eigenvalue weighted by Gasteiger charge is -2.52. The minimum atomic E-state index is -0.947. The van der Waals surface area contributed by atoms with Gasteiger partial charge >= 0.3 is 0 Å². The molecular weight excluding hydrogens is 919 g/mol. The first-order valence-corrected chi connectivity index (χ1v) is 25.3. The second-order valence-electron chi connectivity index (χ2n) is 20.8. The molecule has 7 rings (SSSR count). The van der Waals surface area contributed by atoms with Crippen molar-refractivity contribution in [2.75, 3.05) is 39.3 Å². The van der Waals surface area contributed by atoms with Crippen molar-refractivity contribution in [3.8, 4) is 0 Å². The number of hydrogen-bond acceptors (Lipinski definition) is 7. The molecule has 2 heterocycles. The third-order valence-corrected chi connectivity index (χ3v) is 14.6. The van der Waals surface area contributed by atoms with Crippen LogP contribution in [0.25, 0.3) is 0 Å². The molecule has 0 spiro atoms. The van der Waals surface area contributed by atoms with E-state index in [9.17, 15) is 5.21 Å². The normalized spacial score (nSPS) is 19.7. The van der Waals surface area contributed by atoms with Gasteiger partial charge in [0.2, 0.25) is 35.4 Å². The lowest BCUT2D eigenvalue weighted by atomic mass is 9.78. The van der Waals surface area contributed by atoms with Crippen molar-refractivity contribution in [1.82, 2.24) is 34.5 Å². The van der Waals surface area contributed by atoms with E-state index in [1.165, 1.54) is 29.4 Å². The molecule has 1 radical (unpaired) electrons. The highest BCUT2D eigenvalue weighted by Crippen LogP contribution is 2.39. The number of hydrogen-bond donors (Lipinski definition) is 0. The molecule has 3 atom stereocenters. The maximum absolute atomic E-state index is 15.4. The van der Waals surface area contributed by atoms with Gasteiger partial charge in [-0.2, -0.15) is 0 Å². The average Bonchev–Trinajstić information content (AvgIpc) is 3.39. The molecule has 2 aliphatic heterocycles. The Hall–Kier alpha value is -7.16. The molecule has 0 unspecified atom stereocenters. The molecular formula is C59H70N7O7. The van der Waals surface area contributed by atoms with Crippen LogP contribution in [0.15, 0.2) is 152 Å². The summed E-state index contributed by atoms with van der Waals surface area (Å²) in [6, 6.07) is 43.8. The van der Waals surface area contributed by atoms with E-state index in [0.717, 1.165) is 32.9 Å². The zero-order valence-electron chi connectivity index (χ0n) is 43.3. The Kier molecular flexibility index (Phi) is 17.3. The smallest absolute Gasteiger partial charge is 0.243 e. The Labute approximate surface area is 430 Å². The first-order valence-electron chi connectivity index (χ1n) is 25.3. The van der Waals surface area contributed by atoms with Crippen LogP contribution in [0.1, 0.15) is 107 Å². The van der Waals surface area contributed by atoms with Gasteiger partial charge in [-0.3, -0.25) is 28.8 Å². The fourth-order valence-electron chi connectivity index (χ4n) is 10.5. The Bertz CT molecular complexity index is 2650. The lowest BCUT2D eigenvalue weighted by molar-refractivity contribution is -0.293. The number of carbonyl (C=O) groups excluding carboxylic acids is 6. The highest BCUT2D eigenvalue weighted by molar-refractivity contribution is 5.94. The average molecular weight is 989 g/mol. The number of carbonyl (C=O) groups is 6. The zero-order chi connectivity index (χ0) is 52.5. The molecule has 0 saturated carbocycles. The maximum Gasteiger partial charge on any atom is 0.243 e. The summed E-state index contributed by atoms with van der Waals surface area (Å²) in [7, 11) is 0. The standard InChI is InChI=1S/C59H70N7O7/c1-43(48-27-17-10-18-28-48)62-39-52(67)61(36-47-25-15-9-16-26-47)38-55(70)65(51-33-58(4,5)66(73)59(6,7)34-51)42-57(72)64(45(3)50-31-21-12-22-32-50)41-56(71)63(44(2)49-29-19-11-20-30-49)40-53(68)60(37-54(62)69)35-46-23-13-8-14-24-46/h8-32,43-45,51H,33-42H2,1-7H3/t43-,44-,45-/m0/s1. The summed E-state index contributed by atoms with van der Waals surface area (Å²) in [6.07, 6.45) is 0.444. The van der Waals surface area contributed by atoms with Gasteiger partial charge in [-0.1, -0.05) is 152 Å². The highest BCUT2D eigenvalue weighted by atomic mass is 16.5. The van der Waals surface area contributed by atoms with Crippen LogP contribution < -0.4 is 0 Å². The van der Waals surface area contributed by atoms with Crippen LogP contribution in [-0.2, 0) is 47.1 Å². The molecule has 14 heteroatoms. The summed E-state index contributed by atoms with van der Waals surface area (Å²) in [6.45, 7) is 10.0. The monoisotopic (exact) mass is 989 g/mol. The SMILES string of the molecule is C[C@@H](c1ccccc1)N1CC(=O)N(Cc2ccccc2)CC(=O)N(C2CC(C)(C)N([O])C(C)(C)C2)CC(=O)N([C@@H](C)c2ccccc2)CC(=O)N([C@@H](C)c2ccccc2)CC(=O)N(Cc2ccccc2)CC1=O. The van der Waals surface area contributed by atoms with Gasteiger partial charge in [0.15, 0.2) is 0 Å². The van der Waals surface area contributed by atoms with Gasteiger partial charge in [0, 0.05) is 30.2 Å². The van der Waals surface area contributed by atoms with E-state index in [1.807, 2.05) is 200 Å². The highest BCUT2D eigenvalue weighted by Gasteiger charge is 2.49. The molecule has 73 heavy (non-hydrogen) atoms. The molecule has 2 fully saturated rings. The van der Waals surface area contributed by atoms with Gasteiger partial charge < -0.3 is 29.4 Å². The summed E-state index contributed by atoms with van der Waals surface area (Å²) < 4.78 is 0. The van der Waals surface area contributed by atoms with Crippen LogP contribution in [0.5, 0.6) is 0 Å². The van der Waals surface area contributed by atoms with Crippen molar-refractivity contribution in [1.29, 1.82) is 0 Å². The van der Waals surface area contributed by atoms with E-state index in [0.29, 0.717) is 0 Å². The quantitative estimate of drug-likeness (QED) is 0.130. The van der Waals surface area contributed by atoms with Gasteiger partial charge in [0.05, 0.1) is 18.1 Å². The van der Waals surface area contributed by atoms with Crippen LogP contribution in [0.3, 0.4) is 0 Å². The van der Waals surface area contributed by atoms with E-state index in [4.69, 9.17) is 0 Å². The topological polar surface area (TPSA) is 145 Å². The third kappa shape index (κ3) is 13.3. The molecule has 5 aromatic rings. The Morgan fingerprint density at radius 2 is 0.685 bits per heavy atom. The minimum Gasteiger partial charge on any atom is -0.329 e. The summed E-state index contributed by atoms with van der Waals surface area (Å²) in [5.74, 6) is -3.13. The molecule has 0 aromatic heterocycles. The van der Waals surface area contributed by atoms with E-state index < -0.39 is 110 Å². The number of benzene rings is 5. The van der Waals surface area contributed by atoms with Crippen molar-refractivity contribution in [2.24, 2.45) is 0 Å². The van der Waals surface area contributed by atoms with Gasteiger partial charge in [-0.15, -0.1) is 10.3 Å². The number of rotatable bonds is 11. The maximum atomic E-state index is 15.4. The largest absolute Gasteiger partial charge is 0.329 e. The Morgan fingerprint density at radius 3 is 1.04 bits per heavy atom. The van der Waals surface area contributed by atoms with Gasteiger partial charge in [-0.25, -0.2) is 0 Å². The fraction of sp³-hybridized carbons (Fsp3) is 0.390. The van der Waals surface area contributed by atoms with Crippen molar-refractivity contribution >= 4 is 35.4 Å². The summed E-state index contributed by atoms with van der Waals surface area (Å²) >= 11 is 0. The number of piperidine rings is 1. The summed E-state index contributed by atoms with van der Waals surface area (Å²) in [5.41, 5.74) is 1.83. The predicted molar refractivity (Wildman–Crippen MR) is 279 cm³/mol. The zero-order valence-corrected chi connectivity index (χ0v) is 43.3. The lowest BCUT2D eigenvalue weighted by Crippen LogP contribution is -2.64. The van der Waals surface area contributed by atoms with Crippen LogP contribution in [0.4, 0.5) is 0 Å². The first-order chi connectivity index (χ1) is 34.8. The van der Waals surface area contributed by atoms with E-state index in [1.54, 1.807) is 0 Å². The molecule has 0 N–H and O–H groups in total. The number of nitrogens with zero attached hydrogens (tertiary/aromatic N) is 7. The van der Waals surface area contributed by atoms with E-state index in [2.05, 4.69) is 0 Å². The third-order valence-electron chi connectivity index (χ3n) is 14.6. The van der Waals surface area contributed by atoms with Gasteiger partial charge in [-0.05, 0) is 89.1 Å². The minimum absolute atomic E-state index is 0.00462. The van der Waals surface area contributed by atoms with Gasteiger partial charge in [0.25, 0.3) is 0 Å². The van der Waals surface area contributed by atoms with Crippen molar-refractivity contribution in [3.63, 3.8) is 0 Å². The second-order valence-corrected chi connectivity index (χ2v) is 20.8. The van der Waals surface area contributed by atoms with Crippen molar-refractivity contribution in [3.05, 3.63) is 179 Å². The van der Waals surface area contributed by atoms with Crippen LogP contribution in [0, 0.1) is 0 Å². The molecule has 0 bridgehead atoms. The number of hydroxylamine groups is 2. The molecule has 5 aromatic carbocycles. The van der Waals surface area contributed by atoms with Crippen LogP contribution in [-0.4, -0.2) is 126 Å². The Balaban J connectivity index is 1.39.